The van der Waals surface area contributed by atoms with Crippen LogP contribution in [-0.4, -0.2) is 25.8 Å². The summed E-state index contributed by atoms with van der Waals surface area (Å²) in [6.45, 7) is 11.9. The molecule has 0 aromatic carbocycles. The fourth-order valence-electron chi connectivity index (χ4n) is 2.45. The summed E-state index contributed by atoms with van der Waals surface area (Å²) in [6.07, 6.45) is 9.02. The quantitative estimate of drug-likeness (QED) is 0.494. The number of rotatable bonds is 13. The molecule has 2 nitrogen and oxygen atoms in total. The Hall–Kier alpha value is -0.0800. The van der Waals surface area contributed by atoms with Gasteiger partial charge in [0.05, 0.1) is 0 Å². The van der Waals surface area contributed by atoms with E-state index in [4.69, 9.17) is 4.74 Å². The summed E-state index contributed by atoms with van der Waals surface area (Å²) in [4.78, 5) is 0. The molecule has 2 heteroatoms. The van der Waals surface area contributed by atoms with Crippen molar-refractivity contribution < 1.29 is 4.74 Å². The lowest BCUT2D eigenvalue weighted by molar-refractivity contribution is 0.121. The fourth-order valence-corrected chi connectivity index (χ4v) is 2.45. The number of ether oxygens (including phenoxy) is 1. The first-order chi connectivity index (χ1) is 8.78. The zero-order valence-electron chi connectivity index (χ0n) is 13.1. The molecule has 0 aromatic rings. The molecule has 0 amide bonds. The van der Waals surface area contributed by atoms with E-state index in [1.165, 1.54) is 32.1 Å². The molecule has 1 N–H and O–H groups in total. The second kappa shape index (κ2) is 13.4. The van der Waals surface area contributed by atoms with Crippen LogP contribution in [0.15, 0.2) is 0 Å². The standard InChI is InChI=1S/C16H35NO/c1-5-9-10-15(7-3)14-16(17-8-4)11-13-18-12-6-2/h15-17H,5-14H2,1-4H3. The highest BCUT2D eigenvalue weighted by molar-refractivity contribution is 4.71. The predicted octanol–water partition coefficient (Wildman–Crippen LogP) is 4.39. The van der Waals surface area contributed by atoms with E-state index in [0.29, 0.717) is 6.04 Å². The van der Waals surface area contributed by atoms with Crippen LogP contribution in [0.3, 0.4) is 0 Å². The Balaban J connectivity index is 3.89. The minimum atomic E-state index is 0.647. The van der Waals surface area contributed by atoms with Crippen molar-refractivity contribution in [2.24, 2.45) is 5.92 Å². The highest BCUT2D eigenvalue weighted by Gasteiger charge is 2.14. The van der Waals surface area contributed by atoms with Crippen LogP contribution in [0.4, 0.5) is 0 Å². The number of unbranched alkanes of at least 4 members (excludes halogenated alkanes) is 1. The van der Waals surface area contributed by atoms with Gasteiger partial charge in [0.25, 0.3) is 0 Å². The highest BCUT2D eigenvalue weighted by atomic mass is 16.5. The second-order valence-corrected chi connectivity index (χ2v) is 5.31. The molecular formula is C16H35NO. The Morgan fingerprint density at radius 1 is 0.944 bits per heavy atom. The van der Waals surface area contributed by atoms with E-state index in [0.717, 1.165) is 38.5 Å². The van der Waals surface area contributed by atoms with Crippen molar-refractivity contribution in [1.82, 2.24) is 5.32 Å². The van der Waals surface area contributed by atoms with Crippen LogP contribution in [-0.2, 0) is 4.74 Å². The maximum Gasteiger partial charge on any atom is 0.0480 e. The zero-order valence-corrected chi connectivity index (χ0v) is 13.1. The Morgan fingerprint density at radius 3 is 2.28 bits per heavy atom. The summed E-state index contributed by atoms with van der Waals surface area (Å²) < 4.78 is 5.62. The average Bonchev–Trinajstić information content (AvgIpc) is 2.39. The van der Waals surface area contributed by atoms with Gasteiger partial charge in [-0.25, -0.2) is 0 Å². The molecule has 0 bridgehead atoms. The van der Waals surface area contributed by atoms with Crippen LogP contribution in [0.5, 0.6) is 0 Å². The molecule has 0 aromatic heterocycles. The molecule has 2 atom stereocenters. The van der Waals surface area contributed by atoms with Crippen LogP contribution in [0, 0.1) is 5.92 Å². The maximum atomic E-state index is 5.62. The van der Waals surface area contributed by atoms with Gasteiger partial charge in [-0.05, 0) is 31.7 Å². The van der Waals surface area contributed by atoms with Gasteiger partial charge in [-0.3, -0.25) is 0 Å². The first-order valence-electron chi connectivity index (χ1n) is 8.09. The van der Waals surface area contributed by atoms with Gasteiger partial charge in [-0.15, -0.1) is 0 Å². The van der Waals surface area contributed by atoms with Crippen LogP contribution < -0.4 is 5.32 Å². The van der Waals surface area contributed by atoms with Crippen LogP contribution in [0.25, 0.3) is 0 Å². The molecule has 0 fully saturated rings. The van der Waals surface area contributed by atoms with E-state index in [1.54, 1.807) is 0 Å². The third-order valence-corrected chi connectivity index (χ3v) is 3.61. The molecule has 18 heavy (non-hydrogen) atoms. The Morgan fingerprint density at radius 2 is 1.72 bits per heavy atom. The molecule has 110 valence electrons. The Kier molecular flexibility index (Phi) is 13.3. The fraction of sp³-hybridized carbons (Fsp3) is 1.00. The van der Waals surface area contributed by atoms with E-state index < -0.39 is 0 Å². The van der Waals surface area contributed by atoms with Crippen LogP contribution >= 0.6 is 0 Å². The third kappa shape index (κ3) is 9.90. The van der Waals surface area contributed by atoms with Gasteiger partial charge in [0, 0.05) is 19.3 Å². The normalized spacial score (nSPS) is 14.7. The summed E-state index contributed by atoms with van der Waals surface area (Å²) in [5.74, 6) is 0.889. The minimum absolute atomic E-state index is 0.647. The van der Waals surface area contributed by atoms with E-state index in [2.05, 4.69) is 33.0 Å². The van der Waals surface area contributed by atoms with Crippen molar-refractivity contribution in [3.63, 3.8) is 0 Å². The van der Waals surface area contributed by atoms with E-state index in [1.807, 2.05) is 0 Å². The topological polar surface area (TPSA) is 21.3 Å². The van der Waals surface area contributed by atoms with Crippen molar-refractivity contribution >= 4 is 0 Å². The molecule has 0 saturated carbocycles. The first kappa shape index (κ1) is 17.9. The van der Waals surface area contributed by atoms with Gasteiger partial charge >= 0.3 is 0 Å². The van der Waals surface area contributed by atoms with Crippen molar-refractivity contribution in [3.8, 4) is 0 Å². The first-order valence-corrected chi connectivity index (χ1v) is 8.09. The molecule has 2 unspecified atom stereocenters. The summed E-state index contributed by atoms with van der Waals surface area (Å²) in [6, 6.07) is 0.647. The summed E-state index contributed by atoms with van der Waals surface area (Å²) in [7, 11) is 0. The third-order valence-electron chi connectivity index (χ3n) is 3.61. The summed E-state index contributed by atoms with van der Waals surface area (Å²) in [5, 5.41) is 3.62. The highest BCUT2D eigenvalue weighted by Crippen LogP contribution is 2.19. The zero-order chi connectivity index (χ0) is 13.6. The largest absolute Gasteiger partial charge is 0.381 e. The number of hydrogen-bond donors (Lipinski definition) is 1. The van der Waals surface area contributed by atoms with E-state index >= 15 is 0 Å². The Labute approximate surface area is 115 Å². The summed E-state index contributed by atoms with van der Waals surface area (Å²) >= 11 is 0. The molecule has 0 heterocycles. The van der Waals surface area contributed by atoms with E-state index in [9.17, 15) is 0 Å². The smallest absolute Gasteiger partial charge is 0.0480 e. The second-order valence-electron chi connectivity index (χ2n) is 5.31. The molecule has 0 saturated heterocycles. The number of nitrogens with one attached hydrogen (secondary N) is 1. The lowest BCUT2D eigenvalue weighted by atomic mass is 9.91. The van der Waals surface area contributed by atoms with Gasteiger partial charge in [-0.2, -0.15) is 0 Å². The molecule has 0 spiro atoms. The van der Waals surface area contributed by atoms with Crippen LogP contribution in [0.1, 0.15) is 72.6 Å². The summed E-state index contributed by atoms with van der Waals surface area (Å²) in [5.41, 5.74) is 0. The van der Waals surface area contributed by atoms with E-state index in [-0.39, 0.29) is 0 Å². The molecule has 0 radical (unpaired) electrons. The lowest BCUT2D eigenvalue weighted by Crippen LogP contribution is -2.32. The number of hydrogen-bond acceptors (Lipinski definition) is 2. The van der Waals surface area contributed by atoms with Crippen molar-refractivity contribution in [2.75, 3.05) is 19.8 Å². The average molecular weight is 257 g/mol. The maximum absolute atomic E-state index is 5.62. The minimum Gasteiger partial charge on any atom is -0.381 e. The lowest BCUT2D eigenvalue weighted by Gasteiger charge is -2.23. The molecule has 0 aliphatic carbocycles. The molecule has 0 aliphatic rings. The monoisotopic (exact) mass is 257 g/mol. The van der Waals surface area contributed by atoms with Gasteiger partial charge in [0.1, 0.15) is 0 Å². The molecular weight excluding hydrogens is 222 g/mol. The van der Waals surface area contributed by atoms with Crippen LogP contribution in [0.2, 0.25) is 0 Å². The van der Waals surface area contributed by atoms with Gasteiger partial charge in [0.15, 0.2) is 0 Å². The van der Waals surface area contributed by atoms with Gasteiger partial charge < -0.3 is 10.1 Å². The molecule has 0 rings (SSSR count). The van der Waals surface area contributed by atoms with Crippen molar-refractivity contribution in [3.05, 3.63) is 0 Å². The molecule has 0 aliphatic heterocycles. The predicted molar refractivity (Wildman–Crippen MR) is 81.1 cm³/mol. The SMILES string of the molecule is CCCCC(CC)CC(CCOCCC)NCC. The van der Waals surface area contributed by atoms with Crippen molar-refractivity contribution in [2.45, 2.75) is 78.7 Å². The van der Waals surface area contributed by atoms with Gasteiger partial charge in [0.2, 0.25) is 0 Å². The van der Waals surface area contributed by atoms with Crippen molar-refractivity contribution in [1.29, 1.82) is 0 Å². The van der Waals surface area contributed by atoms with Gasteiger partial charge in [-0.1, -0.05) is 53.4 Å². The Bertz CT molecular complexity index is 161.